The van der Waals surface area contributed by atoms with E-state index >= 15 is 0 Å². The second-order valence-electron chi connectivity index (χ2n) is 7.33. The normalized spacial score (nSPS) is 33.1. The summed E-state index contributed by atoms with van der Waals surface area (Å²) >= 11 is 0. The van der Waals surface area contributed by atoms with E-state index in [1.807, 2.05) is 11.9 Å². The largest absolute Gasteiger partial charge is 0.344 e. The fourth-order valence-electron chi connectivity index (χ4n) is 4.62. The van der Waals surface area contributed by atoms with E-state index in [4.69, 9.17) is 0 Å². The van der Waals surface area contributed by atoms with E-state index < -0.39 is 0 Å². The van der Waals surface area contributed by atoms with Crippen molar-refractivity contribution >= 4 is 18.3 Å². The smallest absolute Gasteiger partial charge is 0.239 e. The number of carbonyl (C=O) groups excluding carboxylic acids is 1. The van der Waals surface area contributed by atoms with Crippen molar-refractivity contribution < 1.29 is 4.79 Å². The molecule has 3 atom stereocenters. The van der Waals surface area contributed by atoms with Crippen LogP contribution >= 0.6 is 12.4 Å². The molecule has 4 heteroatoms. The van der Waals surface area contributed by atoms with Crippen molar-refractivity contribution in [1.29, 1.82) is 0 Å². The molecule has 3 unspecified atom stereocenters. The Hall–Kier alpha value is -0.280. The number of halogens is 1. The molecule has 0 aromatic heterocycles. The molecule has 1 heterocycles. The van der Waals surface area contributed by atoms with Gasteiger partial charge in [0.15, 0.2) is 0 Å². The zero-order chi connectivity index (χ0) is 13.9. The maximum absolute atomic E-state index is 12.6. The number of amides is 1. The van der Waals surface area contributed by atoms with Crippen LogP contribution in [0.2, 0.25) is 0 Å². The van der Waals surface area contributed by atoms with Gasteiger partial charge in [-0.15, -0.1) is 12.4 Å². The van der Waals surface area contributed by atoms with E-state index in [-0.39, 0.29) is 18.4 Å². The summed E-state index contributed by atoms with van der Waals surface area (Å²) in [5.41, 5.74) is 0. The number of hydrogen-bond acceptors (Lipinski definition) is 2. The zero-order valence-electron chi connectivity index (χ0n) is 13.4. The first kappa shape index (κ1) is 17.1. The molecular weight excluding hydrogens is 284 g/mol. The van der Waals surface area contributed by atoms with Crippen LogP contribution in [-0.2, 0) is 4.79 Å². The summed E-state index contributed by atoms with van der Waals surface area (Å²) in [5.74, 6) is 1.87. The first-order valence-electron chi connectivity index (χ1n) is 8.75. The van der Waals surface area contributed by atoms with Gasteiger partial charge in [-0.3, -0.25) is 4.79 Å². The van der Waals surface area contributed by atoms with E-state index in [1.54, 1.807) is 0 Å². The van der Waals surface area contributed by atoms with Crippen LogP contribution in [0.3, 0.4) is 0 Å². The van der Waals surface area contributed by atoms with Crippen molar-refractivity contribution in [2.75, 3.05) is 13.6 Å². The highest BCUT2D eigenvalue weighted by Gasteiger charge is 2.39. The Labute approximate surface area is 135 Å². The van der Waals surface area contributed by atoms with Gasteiger partial charge >= 0.3 is 0 Å². The maximum Gasteiger partial charge on any atom is 0.239 e. The molecule has 122 valence electrons. The van der Waals surface area contributed by atoms with Gasteiger partial charge in [0.1, 0.15) is 0 Å². The maximum atomic E-state index is 12.6. The van der Waals surface area contributed by atoms with Gasteiger partial charge in [0, 0.05) is 19.6 Å². The third kappa shape index (κ3) is 4.13. The van der Waals surface area contributed by atoms with Gasteiger partial charge < -0.3 is 10.2 Å². The third-order valence-electron chi connectivity index (χ3n) is 5.79. The Morgan fingerprint density at radius 2 is 1.71 bits per heavy atom. The standard InChI is InChI=1S/C17H30N2O.ClH/c1-19(12-13-7-3-2-4-8-13)17(20)16-11-14-9-5-6-10-15(14)18-16;/h13-16,18H,2-12H2,1H3;1H. The Kier molecular flexibility index (Phi) is 6.36. The number of nitrogens with one attached hydrogen (secondary N) is 1. The Morgan fingerprint density at radius 1 is 1.05 bits per heavy atom. The van der Waals surface area contributed by atoms with Gasteiger partial charge in [0.05, 0.1) is 6.04 Å². The minimum absolute atomic E-state index is 0. The molecule has 3 fully saturated rings. The van der Waals surface area contributed by atoms with Crippen LogP contribution < -0.4 is 5.32 Å². The average Bonchev–Trinajstić information content (AvgIpc) is 2.91. The van der Waals surface area contributed by atoms with E-state index in [1.165, 1.54) is 57.8 Å². The third-order valence-corrected chi connectivity index (χ3v) is 5.79. The predicted octanol–water partition coefficient (Wildman–Crippen LogP) is 3.37. The first-order valence-corrected chi connectivity index (χ1v) is 8.75. The zero-order valence-corrected chi connectivity index (χ0v) is 14.2. The summed E-state index contributed by atoms with van der Waals surface area (Å²) in [5, 5.41) is 3.62. The molecule has 2 aliphatic carbocycles. The molecule has 1 saturated heterocycles. The van der Waals surface area contributed by atoms with E-state index in [0.717, 1.165) is 24.8 Å². The van der Waals surface area contributed by atoms with Crippen LogP contribution in [0.4, 0.5) is 0 Å². The van der Waals surface area contributed by atoms with Crippen LogP contribution in [0.1, 0.15) is 64.2 Å². The molecule has 0 bridgehead atoms. The van der Waals surface area contributed by atoms with Crippen molar-refractivity contribution in [2.45, 2.75) is 76.3 Å². The molecule has 1 N–H and O–H groups in total. The molecule has 0 spiro atoms. The Bertz CT molecular complexity index is 330. The summed E-state index contributed by atoms with van der Waals surface area (Å²) in [6.07, 6.45) is 13.1. The number of likely N-dealkylation sites (N-methyl/N-ethyl adjacent to an activating group) is 1. The molecule has 0 aromatic rings. The van der Waals surface area contributed by atoms with Gasteiger partial charge in [0.2, 0.25) is 5.91 Å². The summed E-state index contributed by atoms with van der Waals surface area (Å²) in [6.45, 7) is 0.979. The van der Waals surface area contributed by atoms with Crippen molar-refractivity contribution in [2.24, 2.45) is 11.8 Å². The molecule has 0 radical (unpaired) electrons. The van der Waals surface area contributed by atoms with Crippen molar-refractivity contribution in [3.63, 3.8) is 0 Å². The average molecular weight is 315 g/mol. The van der Waals surface area contributed by atoms with Gasteiger partial charge in [-0.2, -0.15) is 0 Å². The van der Waals surface area contributed by atoms with Crippen LogP contribution in [0.15, 0.2) is 0 Å². The SMILES string of the molecule is CN(CC1CCCCC1)C(=O)C1CC2CCCCC2N1.Cl. The van der Waals surface area contributed by atoms with E-state index in [0.29, 0.717) is 11.9 Å². The van der Waals surface area contributed by atoms with Gasteiger partial charge in [-0.05, 0) is 43.9 Å². The van der Waals surface area contributed by atoms with Crippen LogP contribution in [0.5, 0.6) is 0 Å². The van der Waals surface area contributed by atoms with Crippen LogP contribution in [0.25, 0.3) is 0 Å². The monoisotopic (exact) mass is 314 g/mol. The highest BCUT2D eigenvalue weighted by Crippen LogP contribution is 2.34. The van der Waals surface area contributed by atoms with Gasteiger partial charge in [0.25, 0.3) is 0 Å². The Balaban J connectivity index is 0.00000161. The number of rotatable bonds is 3. The lowest BCUT2D eigenvalue weighted by Crippen LogP contribution is -2.45. The summed E-state index contributed by atoms with van der Waals surface area (Å²) in [4.78, 5) is 14.6. The minimum Gasteiger partial charge on any atom is -0.344 e. The number of nitrogens with zero attached hydrogens (tertiary/aromatic N) is 1. The summed E-state index contributed by atoms with van der Waals surface area (Å²) in [7, 11) is 2.01. The lowest BCUT2D eigenvalue weighted by atomic mass is 9.85. The summed E-state index contributed by atoms with van der Waals surface area (Å²) in [6, 6.07) is 0.734. The Morgan fingerprint density at radius 3 is 2.43 bits per heavy atom. The van der Waals surface area contributed by atoms with Crippen molar-refractivity contribution in [3.8, 4) is 0 Å². The first-order chi connectivity index (χ1) is 9.74. The van der Waals surface area contributed by atoms with Crippen molar-refractivity contribution in [1.82, 2.24) is 10.2 Å². The van der Waals surface area contributed by atoms with Gasteiger partial charge in [-0.25, -0.2) is 0 Å². The quantitative estimate of drug-likeness (QED) is 0.866. The molecule has 1 aliphatic heterocycles. The van der Waals surface area contributed by atoms with E-state index in [9.17, 15) is 4.79 Å². The molecule has 3 nitrogen and oxygen atoms in total. The van der Waals surface area contributed by atoms with Gasteiger partial charge in [-0.1, -0.05) is 32.1 Å². The topological polar surface area (TPSA) is 32.3 Å². The highest BCUT2D eigenvalue weighted by atomic mass is 35.5. The second-order valence-corrected chi connectivity index (χ2v) is 7.33. The number of hydrogen-bond donors (Lipinski definition) is 1. The highest BCUT2D eigenvalue weighted by molar-refractivity contribution is 5.85. The fourth-order valence-corrected chi connectivity index (χ4v) is 4.62. The van der Waals surface area contributed by atoms with Crippen LogP contribution in [0, 0.1) is 11.8 Å². The number of carbonyl (C=O) groups is 1. The minimum atomic E-state index is 0. The van der Waals surface area contributed by atoms with Crippen LogP contribution in [-0.4, -0.2) is 36.5 Å². The molecule has 2 saturated carbocycles. The number of fused-ring (bicyclic) bond motifs is 1. The lowest BCUT2D eigenvalue weighted by molar-refractivity contribution is -0.132. The predicted molar refractivity (Wildman–Crippen MR) is 88.7 cm³/mol. The lowest BCUT2D eigenvalue weighted by Gasteiger charge is -2.29. The van der Waals surface area contributed by atoms with Crippen molar-refractivity contribution in [3.05, 3.63) is 0 Å². The molecule has 21 heavy (non-hydrogen) atoms. The molecular formula is C17H31ClN2O. The second kappa shape index (κ2) is 7.82. The molecule has 3 rings (SSSR count). The molecule has 3 aliphatic rings. The van der Waals surface area contributed by atoms with E-state index in [2.05, 4.69) is 5.32 Å². The fraction of sp³-hybridized carbons (Fsp3) is 0.941. The molecule has 0 aromatic carbocycles. The summed E-state index contributed by atoms with van der Waals surface area (Å²) < 4.78 is 0. The molecule has 1 amide bonds.